The second-order valence-electron chi connectivity index (χ2n) is 4.40. The molecule has 4 heteroatoms. The number of aromatic nitrogens is 2. The SMILES string of the molecule is NC(=O)c1cc2ccccc2n1Cc1cccnc1. The van der Waals surface area contributed by atoms with Crippen molar-refractivity contribution in [2.45, 2.75) is 6.54 Å². The zero-order valence-electron chi connectivity index (χ0n) is 10.3. The first-order valence-electron chi connectivity index (χ1n) is 6.02. The molecule has 2 heterocycles. The molecule has 3 rings (SSSR count). The first-order valence-corrected chi connectivity index (χ1v) is 6.02. The van der Waals surface area contributed by atoms with Crippen LogP contribution in [0.15, 0.2) is 54.9 Å². The van der Waals surface area contributed by atoms with E-state index < -0.39 is 5.91 Å². The summed E-state index contributed by atoms with van der Waals surface area (Å²) < 4.78 is 1.93. The lowest BCUT2D eigenvalue weighted by Crippen LogP contribution is -2.17. The van der Waals surface area contributed by atoms with Gasteiger partial charge in [0.25, 0.3) is 5.91 Å². The van der Waals surface area contributed by atoms with Crippen LogP contribution in [-0.4, -0.2) is 15.5 Å². The van der Waals surface area contributed by atoms with Crippen molar-refractivity contribution in [3.8, 4) is 0 Å². The molecule has 0 aliphatic rings. The predicted molar refractivity (Wildman–Crippen MR) is 73.8 cm³/mol. The third kappa shape index (κ3) is 2.08. The van der Waals surface area contributed by atoms with Crippen molar-refractivity contribution in [1.82, 2.24) is 9.55 Å². The van der Waals surface area contributed by atoms with E-state index in [1.54, 1.807) is 12.4 Å². The normalized spacial score (nSPS) is 10.7. The summed E-state index contributed by atoms with van der Waals surface area (Å²) in [5.74, 6) is -0.417. The maximum atomic E-state index is 11.6. The Morgan fingerprint density at radius 1 is 1.21 bits per heavy atom. The summed E-state index contributed by atoms with van der Waals surface area (Å²) in [6.07, 6.45) is 3.52. The van der Waals surface area contributed by atoms with Crippen LogP contribution in [0.5, 0.6) is 0 Å². The average Bonchev–Trinajstić information content (AvgIpc) is 2.79. The highest BCUT2D eigenvalue weighted by molar-refractivity contribution is 5.97. The lowest BCUT2D eigenvalue weighted by atomic mass is 10.2. The van der Waals surface area contributed by atoms with Crippen molar-refractivity contribution in [2.75, 3.05) is 0 Å². The summed E-state index contributed by atoms with van der Waals surface area (Å²) in [5, 5.41) is 1.01. The molecular formula is C15H13N3O. The van der Waals surface area contributed by atoms with Crippen LogP contribution in [0.1, 0.15) is 16.1 Å². The molecule has 0 saturated heterocycles. The molecule has 0 fully saturated rings. The van der Waals surface area contributed by atoms with Crippen molar-refractivity contribution in [2.24, 2.45) is 5.73 Å². The zero-order chi connectivity index (χ0) is 13.2. The van der Waals surface area contributed by atoms with Gasteiger partial charge in [0.1, 0.15) is 5.69 Å². The van der Waals surface area contributed by atoms with Crippen molar-refractivity contribution < 1.29 is 4.79 Å². The number of carbonyl (C=O) groups excluding carboxylic acids is 1. The van der Waals surface area contributed by atoms with E-state index in [-0.39, 0.29) is 0 Å². The van der Waals surface area contributed by atoms with Crippen LogP contribution in [0, 0.1) is 0 Å². The Labute approximate surface area is 110 Å². The number of carbonyl (C=O) groups is 1. The molecule has 94 valence electrons. The Kier molecular flexibility index (Phi) is 2.76. The third-order valence-corrected chi connectivity index (χ3v) is 3.13. The van der Waals surface area contributed by atoms with Gasteiger partial charge in [-0.15, -0.1) is 0 Å². The molecule has 2 N–H and O–H groups in total. The lowest BCUT2D eigenvalue weighted by Gasteiger charge is -2.08. The minimum absolute atomic E-state index is 0.417. The molecular weight excluding hydrogens is 238 g/mol. The van der Waals surface area contributed by atoms with Crippen molar-refractivity contribution >= 4 is 16.8 Å². The quantitative estimate of drug-likeness (QED) is 0.775. The molecule has 19 heavy (non-hydrogen) atoms. The molecule has 2 aromatic heterocycles. The molecule has 0 bridgehead atoms. The molecule has 0 radical (unpaired) electrons. The number of hydrogen-bond donors (Lipinski definition) is 1. The molecule has 0 aliphatic heterocycles. The van der Waals surface area contributed by atoms with Gasteiger partial charge in [0.05, 0.1) is 0 Å². The predicted octanol–water partition coefficient (Wildman–Crippen LogP) is 2.18. The van der Waals surface area contributed by atoms with Crippen LogP contribution in [0.2, 0.25) is 0 Å². The average molecular weight is 251 g/mol. The summed E-state index contributed by atoms with van der Waals surface area (Å²) in [6, 6.07) is 13.5. The van der Waals surface area contributed by atoms with Crippen LogP contribution in [0.3, 0.4) is 0 Å². The highest BCUT2D eigenvalue weighted by Gasteiger charge is 2.12. The second-order valence-corrected chi connectivity index (χ2v) is 4.40. The van der Waals surface area contributed by atoms with Gasteiger partial charge in [-0.05, 0) is 23.8 Å². The van der Waals surface area contributed by atoms with Gasteiger partial charge >= 0.3 is 0 Å². The molecule has 4 nitrogen and oxygen atoms in total. The molecule has 0 aliphatic carbocycles. The van der Waals surface area contributed by atoms with Crippen LogP contribution in [-0.2, 0) is 6.54 Å². The standard InChI is InChI=1S/C15H13N3O/c16-15(19)14-8-12-5-1-2-6-13(12)18(14)10-11-4-3-7-17-9-11/h1-9H,10H2,(H2,16,19). The number of rotatable bonds is 3. The Morgan fingerprint density at radius 3 is 2.79 bits per heavy atom. The van der Waals surface area contributed by atoms with Gasteiger partial charge in [-0.2, -0.15) is 0 Å². The number of pyridine rings is 1. The molecule has 0 atom stereocenters. The number of nitrogens with two attached hydrogens (primary N) is 1. The fourth-order valence-electron chi connectivity index (χ4n) is 2.26. The monoisotopic (exact) mass is 251 g/mol. The molecule has 3 aromatic rings. The summed E-state index contributed by atoms with van der Waals surface area (Å²) in [5.41, 5.74) is 8.01. The van der Waals surface area contributed by atoms with Crippen LogP contribution in [0.25, 0.3) is 10.9 Å². The Balaban J connectivity index is 2.15. The van der Waals surface area contributed by atoms with Gasteiger partial charge in [0.2, 0.25) is 0 Å². The number of benzene rings is 1. The summed E-state index contributed by atoms with van der Waals surface area (Å²) in [4.78, 5) is 15.7. The Hall–Kier alpha value is -2.62. The fraction of sp³-hybridized carbons (Fsp3) is 0.0667. The fourth-order valence-corrected chi connectivity index (χ4v) is 2.26. The third-order valence-electron chi connectivity index (χ3n) is 3.13. The molecule has 0 unspecified atom stereocenters. The van der Waals surface area contributed by atoms with Crippen LogP contribution >= 0.6 is 0 Å². The molecule has 1 amide bonds. The Morgan fingerprint density at radius 2 is 2.05 bits per heavy atom. The number of amides is 1. The van der Waals surface area contributed by atoms with Crippen molar-refractivity contribution in [1.29, 1.82) is 0 Å². The smallest absolute Gasteiger partial charge is 0.265 e. The first-order chi connectivity index (χ1) is 9.25. The minimum Gasteiger partial charge on any atom is -0.364 e. The van der Waals surface area contributed by atoms with E-state index in [4.69, 9.17) is 5.73 Å². The lowest BCUT2D eigenvalue weighted by molar-refractivity contribution is 0.0992. The number of para-hydroxylation sites is 1. The highest BCUT2D eigenvalue weighted by atomic mass is 16.1. The molecule has 1 aromatic carbocycles. The van der Waals surface area contributed by atoms with Crippen molar-refractivity contribution in [3.05, 3.63) is 66.1 Å². The van der Waals surface area contributed by atoms with Gasteiger partial charge in [0.15, 0.2) is 0 Å². The molecule has 0 saturated carbocycles. The van der Waals surface area contributed by atoms with E-state index in [1.807, 2.05) is 47.0 Å². The van der Waals surface area contributed by atoms with Gasteiger partial charge in [-0.1, -0.05) is 24.3 Å². The topological polar surface area (TPSA) is 60.9 Å². The highest BCUT2D eigenvalue weighted by Crippen LogP contribution is 2.20. The number of primary amides is 1. The second kappa shape index (κ2) is 4.57. The largest absolute Gasteiger partial charge is 0.364 e. The maximum Gasteiger partial charge on any atom is 0.265 e. The van der Waals surface area contributed by atoms with Gasteiger partial charge in [-0.25, -0.2) is 0 Å². The summed E-state index contributed by atoms with van der Waals surface area (Å²) >= 11 is 0. The maximum absolute atomic E-state index is 11.6. The van der Waals surface area contributed by atoms with E-state index in [2.05, 4.69) is 4.98 Å². The number of hydrogen-bond acceptors (Lipinski definition) is 2. The van der Waals surface area contributed by atoms with Crippen LogP contribution < -0.4 is 5.73 Å². The van der Waals surface area contributed by atoms with Gasteiger partial charge in [-0.3, -0.25) is 9.78 Å². The van der Waals surface area contributed by atoms with Crippen molar-refractivity contribution in [3.63, 3.8) is 0 Å². The van der Waals surface area contributed by atoms with Gasteiger partial charge < -0.3 is 10.3 Å². The van der Waals surface area contributed by atoms with Gasteiger partial charge in [0, 0.05) is 29.8 Å². The number of nitrogens with zero attached hydrogens (tertiary/aromatic N) is 2. The van der Waals surface area contributed by atoms with E-state index in [1.165, 1.54) is 0 Å². The van der Waals surface area contributed by atoms with E-state index in [9.17, 15) is 4.79 Å². The molecule has 0 spiro atoms. The van der Waals surface area contributed by atoms with Crippen LogP contribution in [0.4, 0.5) is 0 Å². The minimum atomic E-state index is -0.417. The summed E-state index contributed by atoms with van der Waals surface area (Å²) in [7, 11) is 0. The zero-order valence-corrected chi connectivity index (χ0v) is 10.3. The van der Waals surface area contributed by atoms with E-state index in [0.717, 1.165) is 16.5 Å². The van der Waals surface area contributed by atoms with E-state index >= 15 is 0 Å². The Bertz CT molecular complexity index is 731. The number of fused-ring (bicyclic) bond motifs is 1. The first kappa shape index (κ1) is 11.5. The summed E-state index contributed by atoms with van der Waals surface area (Å²) in [6.45, 7) is 0.583. The van der Waals surface area contributed by atoms with E-state index in [0.29, 0.717) is 12.2 Å².